The molecule has 0 spiro atoms. The number of anilines is 1. The standard InChI is InChI=1S/C17H14FNO2/c1-11-5-4-7-13-15(20)9-10-19(16(11)13)17(21)12-6-2-3-8-14(12)18/h2-8H,9-10H2,1H3. The number of carbonyl (C=O) groups is 2. The predicted octanol–water partition coefficient (Wildman–Crippen LogP) is 3.37. The molecule has 4 heteroatoms. The van der Waals surface area contributed by atoms with Crippen molar-refractivity contribution in [2.24, 2.45) is 0 Å². The minimum absolute atomic E-state index is 0.0197. The van der Waals surface area contributed by atoms with Crippen LogP contribution in [0.5, 0.6) is 0 Å². The van der Waals surface area contributed by atoms with E-state index in [-0.39, 0.29) is 24.3 Å². The minimum atomic E-state index is -0.547. The van der Waals surface area contributed by atoms with Crippen molar-refractivity contribution in [3.05, 3.63) is 65.0 Å². The van der Waals surface area contributed by atoms with Crippen LogP contribution >= 0.6 is 0 Å². The van der Waals surface area contributed by atoms with Gasteiger partial charge in [-0.1, -0.05) is 24.3 Å². The molecule has 2 aromatic carbocycles. The number of hydrogen-bond acceptors (Lipinski definition) is 2. The van der Waals surface area contributed by atoms with Gasteiger partial charge in [-0.15, -0.1) is 0 Å². The summed E-state index contributed by atoms with van der Waals surface area (Å²) in [5.41, 5.74) is 2.00. The van der Waals surface area contributed by atoms with Gasteiger partial charge in [-0.25, -0.2) is 4.39 Å². The van der Waals surface area contributed by atoms with Gasteiger partial charge in [-0.05, 0) is 30.7 Å². The number of Topliss-reactive ketones (excluding diaryl/α,β-unsaturated/α-hetero) is 1. The first-order valence-corrected chi connectivity index (χ1v) is 6.79. The van der Waals surface area contributed by atoms with Crippen molar-refractivity contribution in [3.63, 3.8) is 0 Å². The molecule has 0 unspecified atom stereocenters. The fourth-order valence-corrected chi connectivity index (χ4v) is 2.69. The van der Waals surface area contributed by atoms with E-state index in [2.05, 4.69) is 0 Å². The van der Waals surface area contributed by atoms with Gasteiger partial charge in [0.25, 0.3) is 5.91 Å². The summed E-state index contributed by atoms with van der Waals surface area (Å²) in [5.74, 6) is -0.933. The molecule has 0 N–H and O–H groups in total. The molecule has 2 aromatic rings. The van der Waals surface area contributed by atoms with Gasteiger partial charge in [0.1, 0.15) is 5.82 Å². The molecule has 3 rings (SSSR count). The Kier molecular flexibility index (Phi) is 3.29. The number of nitrogens with zero attached hydrogens (tertiary/aromatic N) is 1. The van der Waals surface area contributed by atoms with Gasteiger partial charge < -0.3 is 4.90 Å². The maximum absolute atomic E-state index is 13.8. The predicted molar refractivity (Wildman–Crippen MR) is 78.2 cm³/mol. The quantitative estimate of drug-likeness (QED) is 0.804. The van der Waals surface area contributed by atoms with Crippen LogP contribution in [-0.4, -0.2) is 18.2 Å². The van der Waals surface area contributed by atoms with Crippen molar-refractivity contribution in [2.45, 2.75) is 13.3 Å². The van der Waals surface area contributed by atoms with E-state index >= 15 is 0 Å². The molecule has 106 valence electrons. The van der Waals surface area contributed by atoms with E-state index in [0.717, 1.165) is 5.56 Å². The third kappa shape index (κ3) is 2.23. The van der Waals surface area contributed by atoms with Crippen molar-refractivity contribution in [2.75, 3.05) is 11.4 Å². The van der Waals surface area contributed by atoms with Gasteiger partial charge in [-0.3, -0.25) is 9.59 Å². The number of para-hydroxylation sites is 1. The molecule has 0 atom stereocenters. The van der Waals surface area contributed by atoms with Crippen LogP contribution in [-0.2, 0) is 0 Å². The molecule has 1 aliphatic heterocycles. The first kappa shape index (κ1) is 13.5. The zero-order valence-corrected chi connectivity index (χ0v) is 11.6. The van der Waals surface area contributed by atoms with Crippen molar-refractivity contribution in [1.29, 1.82) is 0 Å². The first-order chi connectivity index (χ1) is 10.1. The smallest absolute Gasteiger partial charge is 0.261 e. The van der Waals surface area contributed by atoms with Crippen LogP contribution in [0.2, 0.25) is 0 Å². The highest BCUT2D eigenvalue weighted by atomic mass is 19.1. The third-order valence-corrected chi connectivity index (χ3v) is 3.72. The van der Waals surface area contributed by atoms with Gasteiger partial charge >= 0.3 is 0 Å². The maximum Gasteiger partial charge on any atom is 0.261 e. The topological polar surface area (TPSA) is 37.4 Å². The molecule has 1 aliphatic rings. The van der Waals surface area contributed by atoms with Gasteiger partial charge in [0.15, 0.2) is 5.78 Å². The average molecular weight is 283 g/mol. The van der Waals surface area contributed by atoms with Crippen LogP contribution in [0.3, 0.4) is 0 Å². The Labute approximate surface area is 122 Å². The van der Waals surface area contributed by atoms with Crippen LogP contribution in [0, 0.1) is 12.7 Å². The average Bonchev–Trinajstić information content (AvgIpc) is 2.48. The third-order valence-electron chi connectivity index (χ3n) is 3.72. The van der Waals surface area contributed by atoms with Crippen LogP contribution in [0.15, 0.2) is 42.5 Å². The summed E-state index contributed by atoms with van der Waals surface area (Å²) in [7, 11) is 0. The summed E-state index contributed by atoms with van der Waals surface area (Å²) in [6.45, 7) is 2.13. The van der Waals surface area contributed by atoms with Gasteiger partial charge in [-0.2, -0.15) is 0 Å². The molecule has 0 radical (unpaired) electrons. The summed E-state index contributed by atoms with van der Waals surface area (Å²) >= 11 is 0. The van der Waals surface area contributed by atoms with E-state index in [4.69, 9.17) is 0 Å². The number of halogens is 1. The lowest BCUT2D eigenvalue weighted by Crippen LogP contribution is -2.38. The summed E-state index contributed by atoms with van der Waals surface area (Å²) in [4.78, 5) is 26.1. The van der Waals surface area contributed by atoms with Crippen molar-refractivity contribution in [1.82, 2.24) is 0 Å². The fraction of sp³-hybridized carbons (Fsp3) is 0.176. The molecular formula is C17H14FNO2. The highest BCUT2D eigenvalue weighted by molar-refractivity contribution is 6.14. The van der Waals surface area contributed by atoms with Crippen LogP contribution in [0.4, 0.5) is 10.1 Å². The summed E-state index contributed by atoms with van der Waals surface area (Å²) in [6.07, 6.45) is 0.261. The second-order valence-corrected chi connectivity index (χ2v) is 5.08. The Hall–Kier alpha value is -2.49. The molecule has 0 saturated carbocycles. The number of fused-ring (bicyclic) bond motifs is 1. The van der Waals surface area contributed by atoms with Gasteiger partial charge in [0.05, 0.1) is 11.3 Å². The number of hydrogen-bond donors (Lipinski definition) is 0. The molecule has 0 saturated heterocycles. The summed E-state index contributed by atoms with van der Waals surface area (Å²) < 4.78 is 13.8. The van der Waals surface area contributed by atoms with Crippen molar-refractivity contribution >= 4 is 17.4 Å². The Morgan fingerprint density at radius 1 is 1.14 bits per heavy atom. The zero-order chi connectivity index (χ0) is 15.0. The second kappa shape index (κ2) is 5.13. The Morgan fingerprint density at radius 3 is 2.67 bits per heavy atom. The van der Waals surface area contributed by atoms with E-state index in [0.29, 0.717) is 11.3 Å². The van der Waals surface area contributed by atoms with Crippen LogP contribution < -0.4 is 4.90 Å². The Morgan fingerprint density at radius 2 is 1.90 bits per heavy atom. The maximum atomic E-state index is 13.8. The lowest BCUT2D eigenvalue weighted by Gasteiger charge is -2.30. The Bertz CT molecular complexity index is 739. The monoisotopic (exact) mass is 283 g/mol. The highest BCUT2D eigenvalue weighted by Gasteiger charge is 2.30. The Balaban J connectivity index is 2.10. The highest BCUT2D eigenvalue weighted by Crippen LogP contribution is 2.31. The van der Waals surface area contributed by atoms with Gasteiger partial charge in [0.2, 0.25) is 0 Å². The molecule has 0 aromatic heterocycles. The lowest BCUT2D eigenvalue weighted by molar-refractivity contribution is 0.0953. The fourth-order valence-electron chi connectivity index (χ4n) is 2.69. The largest absolute Gasteiger partial charge is 0.307 e. The van der Waals surface area contributed by atoms with E-state index < -0.39 is 11.7 Å². The number of ketones is 1. The van der Waals surface area contributed by atoms with E-state index in [1.165, 1.54) is 17.0 Å². The lowest BCUT2D eigenvalue weighted by atomic mass is 9.96. The van der Waals surface area contributed by atoms with E-state index in [9.17, 15) is 14.0 Å². The number of benzene rings is 2. The van der Waals surface area contributed by atoms with Crippen molar-refractivity contribution < 1.29 is 14.0 Å². The van der Waals surface area contributed by atoms with Crippen LogP contribution in [0.1, 0.15) is 32.7 Å². The molecule has 21 heavy (non-hydrogen) atoms. The number of amides is 1. The molecule has 0 fully saturated rings. The van der Waals surface area contributed by atoms with E-state index in [1.54, 1.807) is 24.3 Å². The summed E-state index contributed by atoms with van der Waals surface area (Å²) in [6, 6.07) is 11.3. The first-order valence-electron chi connectivity index (χ1n) is 6.79. The number of rotatable bonds is 1. The second-order valence-electron chi connectivity index (χ2n) is 5.08. The number of carbonyl (C=O) groups excluding carboxylic acids is 2. The minimum Gasteiger partial charge on any atom is -0.307 e. The molecule has 0 bridgehead atoms. The molecule has 1 amide bonds. The molecule has 0 aliphatic carbocycles. The van der Waals surface area contributed by atoms with E-state index in [1.807, 2.05) is 13.0 Å². The normalized spacial score (nSPS) is 14.0. The molecule has 3 nitrogen and oxygen atoms in total. The summed E-state index contributed by atoms with van der Waals surface area (Å²) in [5, 5.41) is 0. The molecule has 1 heterocycles. The van der Waals surface area contributed by atoms with Crippen molar-refractivity contribution in [3.8, 4) is 0 Å². The van der Waals surface area contributed by atoms with Gasteiger partial charge in [0, 0.05) is 18.5 Å². The zero-order valence-electron chi connectivity index (χ0n) is 11.6. The van der Waals surface area contributed by atoms with Crippen LogP contribution in [0.25, 0.3) is 0 Å². The molecular weight excluding hydrogens is 269 g/mol. The number of aryl methyl sites for hydroxylation is 1. The SMILES string of the molecule is Cc1cccc2c1N(C(=O)c1ccccc1F)CCC2=O.